The van der Waals surface area contributed by atoms with Crippen molar-refractivity contribution in [3.63, 3.8) is 0 Å². The lowest BCUT2D eigenvalue weighted by atomic mass is 10.1. The van der Waals surface area contributed by atoms with Crippen LogP contribution in [-0.4, -0.2) is 15.9 Å². The smallest absolute Gasteiger partial charge is 0.261 e. The number of nitrogens with one attached hydrogen (secondary N) is 2. The molecule has 0 saturated heterocycles. The fourth-order valence-corrected chi connectivity index (χ4v) is 3.27. The summed E-state index contributed by atoms with van der Waals surface area (Å²) in [6, 6.07) is 12.5. The molecule has 6 nitrogen and oxygen atoms in total. The van der Waals surface area contributed by atoms with Gasteiger partial charge in [-0.1, -0.05) is 18.2 Å². The van der Waals surface area contributed by atoms with E-state index in [0.717, 1.165) is 16.1 Å². The van der Waals surface area contributed by atoms with Gasteiger partial charge in [0.15, 0.2) is 5.76 Å². The first-order valence-electron chi connectivity index (χ1n) is 8.01. The quantitative estimate of drug-likeness (QED) is 0.579. The monoisotopic (exact) mass is 365 g/mol. The summed E-state index contributed by atoms with van der Waals surface area (Å²) >= 11 is 1.55. The summed E-state index contributed by atoms with van der Waals surface area (Å²) < 4.78 is 5.71. The van der Waals surface area contributed by atoms with E-state index in [-0.39, 0.29) is 12.1 Å². The van der Waals surface area contributed by atoms with Crippen LogP contribution in [0.1, 0.15) is 21.1 Å². The SMILES string of the molecule is Cc1nc(-c2ccc(CNC(=O)c3cc4ccccc4[nH]c3=O)o2)cs1. The standard InChI is InChI=1S/C19H15N3O3S/c1-11-21-16(10-26-11)17-7-6-13(25-17)9-20-18(23)14-8-12-4-2-3-5-15(12)22-19(14)24/h2-8,10H,9H2,1H3,(H,20,23)(H,22,24). The third-order valence-corrected chi connectivity index (χ3v) is 4.73. The van der Waals surface area contributed by atoms with Crippen molar-refractivity contribution in [3.05, 3.63) is 74.5 Å². The number of aromatic nitrogens is 2. The maximum Gasteiger partial charge on any atom is 0.261 e. The summed E-state index contributed by atoms with van der Waals surface area (Å²) in [7, 11) is 0. The van der Waals surface area contributed by atoms with E-state index in [4.69, 9.17) is 4.42 Å². The molecule has 0 spiro atoms. The number of para-hydroxylation sites is 1. The van der Waals surface area contributed by atoms with Gasteiger partial charge in [-0.2, -0.15) is 0 Å². The molecule has 0 aliphatic rings. The number of furan rings is 1. The number of hydrogen-bond donors (Lipinski definition) is 2. The summed E-state index contributed by atoms with van der Waals surface area (Å²) in [5.41, 5.74) is 1.13. The Morgan fingerprint density at radius 1 is 1.27 bits per heavy atom. The number of amides is 1. The molecule has 0 saturated carbocycles. The lowest BCUT2D eigenvalue weighted by molar-refractivity contribution is 0.0947. The maximum absolute atomic E-state index is 12.4. The number of H-pyrrole nitrogens is 1. The molecule has 0 aliphatic carbocycles. The Kier molecular flexibility index (Phi) is 4.14. The molecule has 7 heteroatoms. The molecular weight excluding hydrogens is 350 g/mol. The highest BCUT2D eigenvalue weighted by atomic mass is 32.1. The van der Waals surface area contributed by atoms with Crippen molar-refractivity contribution in [2.24, 2.45) is 0 Å². The predicted octanol–water partition coefficient (Wildman–Crippen LogP) is 3.48. The molecule has 0 atom stereocenters. The number of carbonyl (C=O) groups is 1. The molecule has 4 aromatic rings. The van der Waals surface area contributed by atoms with Gasteiger partial charge >= 0.3 is 0 Å². The first kappa shape index (κ1) is 16.3. The summed E-state index contributed by atoms with van der Waals surface area (Å²) in [6.07, 6.45) is 0. The van der Waals surface area contributed by atoms with Gasteiger partial charge in [-0.15, -0.1) is 11.3 Å². The van der Waals surface area contributed by atoms with Gasteiger partial charge in [0.05, 0.1) is 11.6 Å². The van der Waals surface area contributed by atoms with Gasteiger partial charge in [0.2, 0.25) is 0 Å². The van der Waals surface area contributed by atoms with Crippen molar-refractivity contribution in [1.82, 2.24) is 15.3 Å². The van der Waals surface area contributed by atoms with Crippen molar-refractivity contribution >= 4 is 28.1 Å². The highest BCUT2D eigenvalue weighted by molar-refractivity contribution is 7.09. The predicted molar refractivity (Wildman–Crippen MR) is 100 cm³/mol. The van der Waals surface area contributed by atoms with E-state index in [1.54, 1.807) is 29.5 Å². The number of nitrogens with zero attached hydrogens (tertiary/aromatic N) is 1. The van der Waals surface area contributed by atoms with E-state index >= 15 is 0 Å². The Balaban J connectivity index is 1.50. The molecule has 0 aliphatic heterocycles. The van der Waals surface area contributed by atoms with Gasteiger partial charge in [-0.3, -0.25) is 9.59 Å². The molecule has 0 unspecified atom stereocenters. The van der Waals surface area contributed by atoms with E-state index in [1.165, 1.54) is 0 Å². The zero-order chi connectivity index (χ0) is 18.1. The Morgan fingerprint density at radius 2 is 2.12 bits per heavy atom. The Labute approximate surface area is 152 Å². The topological polar surface area (TPSA) is 88.0 Å². The highest BCUT2D eigenvalue weighted by Crippen LogP contribution is 2.23. The third-order valence-electron chi connectivity index (χ3n) is 3.95. The Bertz CT molecular complexity index is 1160. The molecule has 0 bridgehead atoms. The number of aryl methyl sites for hydroxylation is 1. The van der Waals surface area contributed by atoms with E-state index in [0.29, 0.717) is 17.0 Å². The maximum atomic E-state index is 12.4. The number of fused-ring (bicyclic) bond motifs is 1. The Hall–Kier alpha value is -3.19. The van der Waals surface area contributed by atoms with E-state index in [2.05, 4.69) is 15.3 Å². The molecule has 26 heavy (non-hydrogen) atoms. The van der Waals surface area contributed by atoms with Crippen LogP contribution < -0.4 is 10.9 Å². The minimum atomic E-state index is -0.445. The number of carbonyl (C=O) groups excluding carboxylic acids is 1. The number of aromatic amines is 1. The van der Waals surface area contributed by atoms with Crippen LogP contribution in [0.15, 0.2) is 57.1 Å². The summed E-state index contributed by atoms with van der Waals surface area (Å²) in [5, 5.41) is 6.40. The second-order valence-electron chi connectivity index (χ2n) is 5.80. The number of pyridine rings is 1. The zero-order valence-electron chi connectivity index (χ0n) is 13.9. The molecule has 3 heterocycles. The van der Waals surface area contributed by atoms with Crippen LogP contribution in [0.4, 0.5) is 0 Å². The van der Waals surface area contributed by atoms with Crippen molar-refractivity contribution in [3.8, 4) is 11.5 Å². The van der Waals surface area contributed by atoms with Gasteiger partial charge in [0.25, 0.3) is 11.5 Å². The average molecular weight is 365 g/mol. The van der Waals surface area contributed by atoms with Crippen LogP contribution in [0, 0.1) is 6.92 Å². The zero-order valence-corrected chi connectivity index (χ0v) is 14.7. The molecule has 0 radical (unpaired) electrons. The molecule has 4 rings (SSSR count). The third kappa shape index (κ3) is 3.16. The van der Waals surface area contributed by atoms with Crippen molar-refractivity contribution in [1.29, 1.82) is 0 Å². The number of hydrogen-bond acceptors (Lipinski definition) is 5. The Morgan fingerprint density at radius 3 is 2.92 bits per heavy atom. The van der Waals surface area contributed by atoms with Gasteiger partial charge in [0, 0.05) is 10.9 Å². The fraction of sp³-hybridized carbons (Fsp3) is 0.105. The van der Waals surface area contributed by atoms with Gasteiger partial charge in [0.1, 0.15) is 17.0 Å². The van der Waals surface area contributed by atoms with Crippen LogP contribution in [0.3, 0.4) is 0 Å². The summed E-state index contributed by atoms with van der Waals surface area (Å²) in [5.74, 6) is 0.804. The van der Waals surface area contributed by atoms with Crippen molar-refractivity contribution in [2.75, 3.05) is 0 Å². The van der Waals surface area contributed by atoms with Crippen LogP contribution in [0.25, 0.3) is 22.4 Å². The number of rotatable bonds is 4. The molecule has 2 N–H and O–H groups in total. The largest absolute Gasteiger partial charge is 0.458 e. The molecule has 1 aromatic carbocycles. The molecule has 3 aromatic heterocycles. The normalized spacial score (nSPS) is 11.0. The van der Waals surface area contributed by atoms with Gasteiger partial charge in [-0.05, 0) is 36.6 Å². The first-order valence-corrected chi connectivity index (χ1v) is 8.89. The van der Waals surface area contributed by atoms with Gasteiger partial charge in [-0.25, -0.2) is 4.98 Å². The van der Waals surface area contributed by atoms with E-state index in [1.807, 2.05) is 36.6 Å². The van der Waals surface area contributed by atoms with Crippen molar-refractivity contribution in [2.45, 2.75) is 13.5 Å². The number of thiazole rings is 1. The van der Waals surface area contributed by atoms with Crippen LogP contribution >= 0.6 is 11.3 Å². The molecule has 130 valence electrons. The number of benzene rings is 1. The van der Waals surface area contributed by atoms with E-state index in [9.17, 15) is 9.59 Å². The average Bonchev–Trinajstić information content (AvgIpc) is 3.28. The molecule has 0 fully saturated rings. The van der Waals surface area contributed by atoms with E-state index < -0.39 is 11.5 Å². The summed E-state index contributed by atoms with van der Waals surface area (Å²) in [6.45, 7) is 2.12. The lowest BCUT2D eigenvalue weighted by Gasteiger charge is -2.04. The molecule has 1 amide bonds. The second-order valence-corrected chi connectivity index (χ2v) is 6.86. The van der Waals surface area contributed by atoms with Crippen LogP contribution in [0.5, 0.6) is 0 Å². The van der Waals surface area contributed by atoms with Gasteiger partial charge < -0.3 is 14.7 Å². The fourth-order valence-electron chi connectivity index (χ4n) is 2.67. The van der Waals surface area contributed by atoms with Crippen LogP contribution in [-0.2, 0) is 6.54 Å². The summed E-state index contributed by atoms with van der Waals surface area (Å²) in [4.78, 5) is 31.6. The van der Waals surface area contributed by atoms with Crippen LogP contribution in [0.2, 0.25) is 0 Å². The second kappa shape index (κ2) is 6.61. The molecular formula is C19H15N3O3S. The lowest BCUT2D eigenvalue weighted by Crippen LogP contribution is -2.29. The van der Waals surface area contributed by atoms with Crippen molar-refractivity contribution < 1.29 is 9.21 Å². The minimum absolute atomic E-state index is 0.0746. The highest BCUT2D eigenvalue weighted by Gasteiger charge is 2.13. The first-order chi connectivity index (χ1) is 12.6. The minimum Gasteiger partial charge on any atom is -0.458 e.